The standard InChI is InChI=1S/C18H25N3O3.ClH/c1-24-16-4-2-15(3-5-16)21-12-14(10-17(21)22)18(23)20-9-7-13-6-8-19-11-13;/h2-5,13-14,19H,6-12H2,1H3,(H,20,23);1H. The minimum Gasteiger partial charge on any atom is -0.497 e. The second-order valence-corrected chi connectivity index (χ2v) is 6.54. The molecule has 2 fully saturated rings. The van der Waals surface area contributed by atoms with Crippen molar-refractivity contribution in [3.63, 3.8) is 0 Å². The molecule has 0 spiro atoms. The van der Waals surface area contributed by atoms with Crippen molar-refractivity contribution in [1.29, 1.82) is 0 Å². The maximum atomic E-state index is 12.3. The van der Waals surface area contributed by atoms with Crippen molar-refractivity contribution < 1.29 is 14.3 Å². The second-order valence-electron chi connectivity index (χ2n) is 6.54. The fourth-order valence-electron chi connectivity index (χ4n) is 3.40. The molecule has 0 aliphatic carbocycles. The fourth-order valence-corrected chi connectivity index (χ4v) is 3.40. The Labute approximate surface area is 154 Å². The van der Waals surface area contributed by atoms with Gasteiger partial charge in [-0.05, 0) is 56.1 Å². The molecule has 1 aromatic carbocycles. The number of nitrogens with one attached hydrogen (secondary N) is 2. The van der Waals surface area contributed by atoms with Gasteiger partial charge in [0.05, 0.1) is 13.0 Å². The Bertz CT molecular complexity index is 588. The van der Waals surface area contributed by atoms with Crippen molar-refractivity contribution in [2.24, 2.45) is 11.8 Å². The van der Waals surface area contributed by atoms with Gasteiger partial charge in [0.1, 0.15) is 5.75 Å². The van der Waals surface area contributed by atoms with Gasteiger partial charge in [0, 0.05) is 25.2 Å². The van der Waals surface area contributed by atoms with Crippen LogP contribution in [0.3, 0.4) is 0 Å². The van der Waals surface area contributed by atoms with E-state index in [1.807, 2.05) is 24.3 Å². The summed E-state index contributed by atoms with van der Waals surface area (Å²) in [6, 6.07) is 7.35. The summed E-state index contributed by atoms with van der Waals surface area (Å²) in [4.78, 5) is 26.2. The van der Waals surface area contributed by atoms with Crippen LogP contribution in [0.2, 0.25) is 0 Å². The van der Waals surface area contributed by atoms with Crippen LogP contribution in [0.1, 0.15) is 19.3 Å². The van der Waals surface area contributed by atoms with Crippen LogP contribution in [-0.2, 0) is 9.59 Å². The van der Waals surface area contributed by atoms with E-state index in [0.29, 0.717) is 19.0 Å². The number of halogens is 1. The largest absolute Gasteiger partial charge is 0.497 e. The van der Waals surface area contributed by atoms with E-state index in [1.54, 1.807) is 12.0 Å². The Morgan fingerprint density at radius 2 is 2.12 bits per heavy atom. The van der Waals surface area contributed by atoms with Gasteiger partial charge in [-0.2, -0.15) is 0 Å². The van der Waals surface area contributed by atoms with Gasteiger partial charge in [-0.1, -0.05) is 0 Å². The lowest BCUT2D eigenvalue weighted by Gasteiger charge is -2.17. The smallest absolute Gasteiger partial charge is 0.227 e. The number of rotatable bonds is 6. The van der Waals surface area contributed by atoms with E-state index in [4.69, 9.17) is 4.74 Å². The topological polar surface area (TPSA) is 70.7 Å². The van der Waals surface area contributed by atoms with E-state index in [0.717, 1.165) is 30.9 Å². The summed E-state index contributed by atoms with van der Waals surface area (Å²) < 4.78 is 5.13. The molecule has 138 valence electrons. The summed E-state index contributed by atoms with van der Waals surface area (Å²) >= 11 is 0. The molecular formula is C18H26ClN3O3. The number of hydrogen-bond acceptors (Lipinski definition) is 4. The normalized spacial score (nSPS) is 22.6. The van der Waals surface area contributed by atoms with Gasteiger partial charge in [0.15, 0.2) is 0 Å². The number of amides is 2. The van der Waals surface area contributed by atoms with Crippen LogP contribution in [0.15, 0.2) is 24.3 Å². The summed E-state index contributed by atoms with van der Waals surface area (Å²) in [7, 11) is 1.61. The van der Waals surface area contributed by atoms with Crippen LogP contribution in [0, 0.1) is 11.8 Å². The lowest BCUT2D eigenvalue weighted by atomic mass is 10.0. The van der Waals surface area contributed by atoms with Gasteiger partial charge in [0.25, 0.3) is 0 Å². The monoisotopic (exact) mass is 367 g/mol. The predicted octanol–water partition coefficient (Wildman–Crippen LogP) is 1.59. The molecule has 0 radical (unpaired) electrons. The predicted molar refractivity (Wildman–Crippen MR) is 99.3 cm³/mol. The number of carbonyl (C=O) groups is 2. The molecule has 2 atom stereocenters. The lowest BCUT2D eigenvalue weighted by Crippen LogP contribution is -2.34. The number of hydrogen-bond donors (Lipinski definition) is 2. The highest BCUT2D eigenvalue weighted by Gasteiger charge is 2.35. The number of methoxy groups -OCH3 is 1. The van der Waals surface area contributed by atoms with Crippen LogP contribution in [0.25, 0.3) is 0 Å². The summed E-state index contributed by atoms with van der Waals surface area (Å²) in [5, 5.41) is 6.33. The van der Waals surface area contributed by atoms with Gasteiger partial charge in [-0.15, -0.1) is 12.4 Å². The van der Waals surface area contributed by atoms with Crippen LogP contribution >= 0.6 is 12.4 Å². The summed E-state index contributed by atoms with van der Waals surface area (Å²) in [6.07, 6.45) is 2.47. The molecule has 7 heteroatoms. The third kappa shape index (κ3) is 4.86. The van der Waals surface area contributed by atoms with E-state index >= 15 is 0 Å². The number of carbonyl (C=O) groups excluding carboxylic acids is 2. The first-order valence-corrected chi connectivity index (χ1v) is 8.60. The number of nitrogens with zero attached hydrogens (tertiary/aromatic N) is 1. The van der Waals surface area contributed by atoms with Gasteiger partial charge in [-0.25, -0.2) is 0 Å². The minimum atomic E-state index is -0.263. The maximum absolute atomic E-state index is 12.3. The third-order valence-electron chi connectivity index (χ3n) is 4.89. The van der Waals surface area contributed by atoms with Crippen LogP contribution in [-0.4, -0.2) is 45.1 Å². The van der Waals surface area contributed by atoms with Gasteiger partial charge < -0.3 is 20.3 Å². The minimum absolute atomic E-state index is 0. The number of ether oxygens (including phenoxy) is 1. The van der Waals surface area contributed by atoms with E-state index < -0.39 is 0 Å². The Kier molecular flexibility index (Phi) is 7.08. The van der Waals surface area contributed by atoms with Gasteiger partial charge in [-0.3, -0.25) is 9.59 Å². The molecule has 3 rings (SSSR count). The molecule has 2 unspecified atom stereocenters. The van der Waals surface area contributed by atoms with E-state index in [-0.39, 0.29) is 36.6 Å². The molecule has 25 heavy (non-hydrogen) atoms. The van der Waals surface area contributed by atoms with Gasteiger partial charge in [0.2, 0.25) is 11.8 Å². The molecule has 6 nitrogen and oxygen atoms in total. The first kappa shape index (κ1) is 19.5. The van der Waals surface area contributed by atoms with E-state index in [2.05, 4.69) is 10.6 Å². The molecule has 2 aliphatic rings. The first-order chi connectivity index (χ1) is 11.7. The SMILES string of the molecule is COc1ccc(N2CC(C(=O)NCCC3CCNC3)CC2=O)cc1.Cl. The molecule has 2 heterocycles. The molecule has 2 saturated heterocycles. The van der Waals surface area contributed by atoms with Crippen molar-refractivity contribution in [3.05, 3.63) is 24.3 Å². The summed E-state index contributed by atoms with van der Waals surface area (Å²) in [5.41, 5.74) is 0.813. The van der Waals surface area contributed by atoms with Crippen LogP contribution < -0.4 is 20.3 Å². The van der Waals surface area contributed by atoms with Crippen LogP contribution in [0.4, 0.5) is 5.69 Å². The third-order valence-corrected chi connectivity index (χ3v) is 4.89. The van der Waals surface area contributed by atoms with E-state index in [9.17, 15) is 9.59 Å². The molecule has 0 bridgehead atoms. The quantitative estimate of drug-likeness (QED) is 0.801. The first-order valence-electron chi connectivity index (χ1n) is 8.60. The van der Waals surface area contributed by atoms with Crippen molar-refractivity contribution in [3.8, 4) is 5.75 Å². The van der Waals surface area contributed by atoms with Crippen molar-refractivity contribution in [1.82, 2.24) is 10.6 Å². The van der Waals surface area contributed by atoms with Crippen molar-refractivity contribution >= 4 is 29.9 Å². The van der Waals surface area contributed by atoms with E-state index in [1.165, 1.54) is 6.42 Å². The molecule has 2 aliphatic heterocycles. The molecule has 0 saturated carbocycles. The van der Waals surface area contributed by atoms with Crippen LogP contribution in [0.5, 0.6) is 5.75 Å². The molecule has 0 aromatic heterocycles. The zero-order chi connectivity index (χ0) is 16.9. The summed E-state index contributed by atoms with van der Waals surface area (Å²) in [6.45, 7) is 3.26. The second kappa shape index (κ2) is 9.06. The number of anilines is 1. The van der Waals surface area contributed by atoms with Gasteiger partial charge >= 0.3 is 0 Å². The fraction of sp³-hybridized carbons (Fsp3) is 0.556. The Hall–Kier alpha value is -1.79. The Morgan fingerprint density at radius 3 is 2.76 bits per heavy atom. The highest BCUT2D eigenvalue weighted by molar-refractivity contribution is 6.00. The highest BCUT2D eigenvalue weighted by Crippen LogP contribution is 2.27. The number of benzene rings is 1. The Balaban J connectivity index is 0.00000225. The average Bonchev–Trinajstić information content (AvgIpc) is 3.24. The van der Waals surface area contributed by atoms with Crippen molar-refractivity contribution in [2.75, 3.05) is 38.2 Å². The molecule has 1 aromatic rings. The van der Waals surface area contributed by atoms with Crippen molar-refractivity contribution in [2.45, 2.75) is 19.3 Å². The molecule has 2 amide bonds. The summed E-state index contributed by atoms with van der Waals surface area (Å²) in [5.74, 6) is 1.14. The zero-order valence-corrected chi connectivity index (χ0v) is 15.3. The molecule has 2 N–H and O–H groups in total. The lowest BCUT2D eigenvalue weighted by molar-refractivity contribution is -0.126. The maximum Gasteiger partial charge on any atom is 0.227 e. The molecular weight excluding hydrogens is 342 g/mol. The zero-order valence-electron chi connectivity index (χ0n) is 14.5. The highest BCUT2D eigenvalue weighted by atomic mass is 35.5. The average molecular weight is 368 g/mol. The Morgan fingerprint density at radius 1 is 1.36 bits per heavy atom.